The Bertz CT molecular complexity index is 1920. The molecule has 0 aliphatic carbocycles. The first-order valence-electron chi connectivity index (χ1n) is 35.2. The number of allylic oxidation sites excluding steroid dienone is 12. The average molecular weight is 1300 g/mol. The molecule has 0 fully saturated rings. The number of aliphatic hydroxyl groups is 2. The van der Waals surface area contributed by atoms with Gasteiger partial charge in [0.2, 0.25) is 0 Å². The minimum atomic E-state index is -4.91. The van der Waals surface area contributed by atoms with Gasteiger partial charge in [-0.2, -0.15) is 0 Å². The summed E-state index contributed by atoms with van der Waals surface area (Å²) in [5.74, 6) is -1.58. The van der Waals surface area contributed by atoms with Crippen molar-refractivity contribution in [2.24, 2.45) is 0 Å². The van der Waals surface area contributed by atoms with Crippen LogP contribution in [-0.2, 0) is 55.8 Å². The van der Waals surface area contributed by atoms with E-state index >= 15 is 0 Å². The largest absolute Gasteiger partial charge is 0.472 e. The van der Waals surface area contributed by atoms with Gasteiger partial charge in [-0.15, -0.1) is 0 Å². The number of ether oxygens (including phenoxy) is 3. The van der Waals surface area contributed by atoms with E-state index < -0.39 is 91.5 Å². The summed E-state index contributed by atoms with van der Waals surface area (Å²) in [4.78, 5) is 58.2. The van der Waals surface area contributed by atoms with E-state index in [-0.39, 0.29) is 19.3 Å². The smallest absolute Gasteiger partial charge is 0.463 e. The van der Waals surface area contributed by atoms with Gasteiger partial charge < -0.3 is 34.2 Å². The highest BCUT2D eigenvalue weighted by atomic mass is 31.2. The van der Waals surface area contributed by atoms with E-state index in [4.69, 9.17) is 32.3 Å². The maximum absolute atomic E-state index is 12.8. The Kier molecular flexibility index (Phi) is 62.9. The fourth-order valence-electron chi connectivity index (χ4n) is 9.47. The van der Waals surface area contributed by atoms with Crippen LogP contribution in [0, 0.1) is 0 Å². The van der Waals surface area contributed by atoms with E-state index in [1.165, 1.54) is 122 Å². The number of esters is 3. The van der Waals surface area contributed by atoms with Gasteiger partial charge in [-0.1, -0.05) is 267 Å². The number of carbonyl (C=O) groups is 3. The van der Waals surface area contributed by atoms with E-state index in [0.29, 0.717) is 19.3 Å². The highest BCUT2D eigenvalue weighted by Gasteiger charge is 2.29. The Balaban J connectivity index is 4.37. The van der Waals surface area contributed by atoms with E-state index in [1.54, 1.807) is 0 Å². The summed E-state index contributed by atoms with van der Waals surface area (Å²) in [6.45, 7) is 2.57. The summed E-state index contributed by atoms with van der Waals surface area (Å²) in [5, 5.41) is 20.5. The minimum absolute atomic E-state index is 0.106. The molecule has 0 aromatic heterocycles. The van der Waals surface area contributed by atoms with Crippen LogP contribution in [0.3, 0.4) is 0 Å². The first-order valence-corrected chi connectivity index (χ1v) is 38.2. The maximum Gasteiger partial charge on any atom is 0.472 e. The predicted molar refractivity (Wildman–Crippen MR) is 362 cm³/mol. The minimum Gasteiger partial charge on any atom is -0.463 e. The van der Waals surface area contributed by atoms with Gasteiger partial charge in [0.25, 0.3) is 0 Å². The van der Waals surface area contributed by atoms with Gasteiger partial charge in [-0.3, -0.25) is 32.5 Å². The Morgan fingerprint density at radius 2 is 0.584 bits per heavy atom. The van der Waals surface area contributed by atoms with Crippen LogP contribution in [0.15, 0.2) is 72.9 Å². The van der Waals surface area contributed by atoms with Crippen LogP contribution in [0.4, 0.5) is 0 Å². The zero-order valence-electron chi connectivity index (χ0n) is 56.1. The Morgan fingerprint density at radius 3 is 0.955 bits per heavy atom. The second-order valence-corrected chi connectivity index (χ2v) is 26.6. The molecule has 518 valence electrons. The summed E-state index contributed by atoms with van der Waals surface area (Å²) < 4.78 is 60.8. The van der Waals surface area contributed by atoms with Crippen molar-refractivity contribution in [2.45, 2.75) is 322 Å². The van der Waals surface area contributed by atoms with Crippen molar-refractivity contribution in [3.63, 3.8) is 0 Å². The van der Waals surface area contributed by atoms with Crippen molar-refractivity contribution in [2.75, 3.05) is 39.6 Å². The summed E-state index contributed by atoms with van der Waals surface area (Å²) in [7, 11) is -9.76. The third kappa shape index (κ3) is 66.3. The molecule has 0 heterocycles. The van der Waals surface area contributed by atoms with Crippen LogP contribution in [0.2, 0.25) is 0 Å². The molecule has 0 aliphatic heterocycles. The van der Waals surface area contributed by atoms with Gasteiger partial charge >= 0.3 is 33.6 Å². The molecule has 0 saturated carbocycles. The molecule has 16 nitrogen and oxygen atoms in total. The number of phosphoric ester groups is 2. The van der Waals surface area contributed by atoms with Crippen molar-refractivity contribution in [1.29, 1.82) is 0 Å². The molecule has 5 atom stereocenters. The van der Waals surface area contributed by atoms with E-state index in [9.17, 15) is 43.5 Å². The Morgan fingerprint density at radius 1 is 0.315 bits per heavy atom. The monoisotopic (exact) mass is 1300 g/mol. The molecule has 0 saturated heterocycles. The summed E-state index contributed by atoms with van der Waals surface area (Å²) in [5.41, 5.74) is 0. The number of hydrogen-bond donors (Lipinski definition) is 4. The van der Waals surface area contributed by atoms with Gasteiger partial charge in [0.1, 0.15) is 25.4 Å². The summed E-state index contributed by atoms with van der Waals surface area (Å²) in [6.07, 6.45) is 68.4. The highest BCUT2D eigenvalue weighted by Crippen LogP contribution is 2.45. The third-order valence-corrected chi connectivity index (χ3v) is 16.8. The van der Waals surface area contributed by atoms with E-state index in [2.05, 4.69) is 93.7 Å². The van der Waals surface area contributed by atoms with Crippen LogP contribution >= 0.6 is 15.6 Å². The number of phosphoric acid groups is 2. The number of aliphatic hydroxyl groups excluding tert-OH is 2. The second-order valence-electron chi connectivity index (χ2n) is 23.7. The average Bonchev–Trinajstić information content (AvgIpc) is 3.59. The molecule has 0 aromatic rings. The molecule has 0 rings (SSSR count). The van der Waals surface area contributed by atoms with Crippen molar-refractivity contribution in [3.8, 4) is 0 Å². The third-order valence-electron chi connectivity index (χ3n) is 14.9. The van der Waals surface area contributed by atoms with Gasteiger partial charge in [0, 0.05) is 19.3 Å². The molecule has 18 heteroatoms. The predicted octanol–water partition coefficient (Wildman–Crippen LogP) is 19.5. The lowest BCUT2D eigenvalue weighted by Crippen LogP contribution is -2.30. The zero-order valence-corrected chi connectivity index (χ0v) is 57.9. The van der Waals surface area contributed by atoms with Crippen molar-refractivity contribution >= 4 is 33.6 Å². The number of carbonyl (C=O) groups excluding carboxylic acids is 3. The van der Waals surface area contributed by atoms with Gasteiger partial charge in [0.05, 0.1) is 26.4 Å². The second kappa shape index (κ2) is 65.1. The van der Waals surface area contributed by atoms with Crippen molar-refractivity contribution < 1.29 is 75.8 Å². The highest BCUT2D eigenvalue weighted by molar-refractivity contribution is 7.47. The van der Waals surface area contributed by atoms with Gasteiger partial charge in [-0.25, -0.2) is 9.13 Å². The van der Waals surface area contributed by atoms with E-state index in [1.807, 2.05) is 0 Å². The molecule has 4 N–H and O–H groups in total. The fraction of sp³-hybridized carbons (Fsp3) is 0.789. The van der Waals surface area contributed by atoms with Gasteiger partial charge in [-0.05, 0) is 89.9 Å². The molecule has 0 spiro atoms. The molecular weight excluding hydrogens is 1170 g/mol. The lowest BCUT2D eigenvalue weighted by Gasteiger charge is -2.21. The molecule has 0 aliphatic rings. The Labute approximate surface area is 541 Å². The lowest BCUT2D eigenvalue weighted by atomic mass is 10.0. The van der Waals surface area contributed by atoms with Crippen LogP contribution in [0.25, 0.3) is 0 Å². The Hall–Kier alpha value is -3.01. The molecule has 0 amide bonds. The molecule has 0 aromatic carbocycles. The zero-order chi connectivity index (χ0) is 65.3. The topological polar surface area (TPSA) is 231 Å². The number of rotatable bonds is 67. The van der Waals surface area contributed by atoms with Gasteiger partial charge in [0.15, 0.2) is 6.10 Å². The molecule has 89 heavy (non-hydrogen) atoms. The first kappa shape index (κ1) is 86.0. The molecular formula is C71H128O16P2. The summed E-state index contributed by atoms with van der Waals surface area (Å²) in [6, 6.07) is 0. The summed E-state index contributed by atoms with van der Waals surface area (Å²) >= 11 is 0. The standard InChI is InChI=1S/C71H128O16P2/c1-4-7-10-13-16-19-22-24-25-26-27-28-29-30-31-32-33-34-35-36-37-38-39-41-44-45-48-51-54-57-69(74)81-60-66(72)61-83-88(77,78)84-62-67(73)63-85-89(79,80)86-65-68(87-71(76)59-56-53-50-47-42-21-18-15-12-9-6-3)64-82-70(75)58-55-52-49-46-43-40-23-20-17-14-11-8-5-2/h11,14,16,19-20,23-25,27-28,30-31,66-68,72-73H,4-10,12-13,15,17-18,21-22,26,29,32-65H2,1-3H3,(H,77,78)(H,79,80)/b14-11-,19-16-,23-20-,25-24-,28-27-,31-30-. The van der Waals surface area contributed by atoms with Crippen LogP contribution in [0.1, 0.15) is 303 Å². The molecule has 0 radical (unpaired) electrons. The normalized spacial score (nSPS) is 14.6. The fourth-order valence-corrected chi connectivity index (χ4v) is 11.1. The quantitative estimate of drug-likeness (QED) is 0.0146. The van der Waals surface area contributed by atoms with E-state index in [0.717, 1.165) is 122 Å². The van der Waals surface area contributed by atoms with Crippen LogP contribution in [-0.4, -0.2) is 95.9 Å². The first-order chi connectivity index (χ1) is 43.2. The lowest BCUT2D eigenvalue weighted by molar-refractivity contribution is -0.161. The van der Waals surface area contributed by atoms with Crippen LogP contribution in [0.5, 0.6) is 0 Å². The SMILES string of the molecule is CCC/C=C\C/C=C\CCCCCCCC(=O)OCC(COP(=O)(O)OCC(O)COP(=O)(O)OCC(O)COC(=O)CCCCCCCCCCCCCCC/C=C\C/C=C\C/C=C\C/C=C\CCCCC)OC(=O)CCCCCCCCCCCCC. The van der Waals surface area contributed by atoms with Crippen molar-refractivity contribution in [3.05, 3.63) is 72.9 Å². The van der Waals surface area contributed by atoms with Crippen LogP contribution < -0.4 is 0 Å². The number of hydrogen-bond acceptors (Lipinski definition) is 14. The van der Waals surface area contributed by atoms with Crippen molar-refractivity contribution in [1.82, 2.24) is 0 Å². The number of unbranched alkanes of at least 4 members (excludes halogenated alkanes) is 32. The maximum atomic E-state index is 12.8. The molecule has 5 unspecified atom stereocenters. The molecule has 0 bridgehead atoms.